The molecule has 1 aromatic carbocycles. The van der Waals surface area contributed by atoms with Gasteiger partial charge in [-0.25, -0.2) is 9.59 Å². The van der Waals surface area contributed by atoms with Crippen LogP contribution in [0.2, 0.25) is 0 Å². The van der Waals surface area contributed by atoms with Crippen LogP contribution in [0.3, 0.4) is 0 Å². The van der Waals surface area contributed by atoms with Crippen LogP contribution in [0.1, 0.15) is 17.3 Å². The van der Waals surface area contributed by atoms with Gasteiger partial charge in [-0.05, 0) is 19.1 Å². The van der Waals surface area contributed by atoms with Gasteiger partial charge in [0.15, 0.2) is 0 Å². The molecule has 1 rings (SSSR count). The first-order valence-corrected chi connectivity index (χ1v) is 4.10. The van der Waals surface area contributed by atoms with Crippen molar-refractivity contribution in [2.24, 2.45) is 0 Å². The van der Waals surface area contributed by atoms with Crippen molar-refractivity contribution in [3.8, 4) is 0 Å². The normalized spacial score (nSPS) is 11.9. The summed E-state index contributed by atoms with van der Waals surface area (Å²) in [6.45, 7) is 1.24. The van der Waals surface area contributed by atoms with E-state index in [0.29, 0.717) is 0 Å². The second-order valence-corrected chi connectivity index (χ2v) is 2.75. The highest BCUT2D eigenvalue weighted by atomic mass is 16.6. The van der Waals surface area contributed by atoms with E-state index in [9.17, 15) is 9.59 Å². The van der Waals surface area contributed by atoms with Crippen LogP contribution in [0.4, 0.5) is 0 Å². The van der Waals surface area contributed by atoms with E-state index in [1.165, 1.54) is 19.1 Å². The van der Waals surface area contributed by atoms with Gasteiger partial charge in [-0.3, -0.25) is 0 Å². The van der Waals surface area contributed by atoms with Crippen LogP contribution < -0.4 is 0 Å². The number of rotatable bonds is 2. The molecule has 0 bridgehead atoms. The molecule has 0 heterocycles. The lowest BCUT2D eigenvalue weighted by atomic mass is 10.2. The van der Waals surface area contributed by atoms with Crippen LogP contribution in [0.25, 0.3) is 0 Å². The topological polar surface area (TPSA) is 63.6 Å². The second kappa shape index (κ2) is 4.53. The van der Waals surface area contributed by atoms with Gasteiger partial charge in [0.1, 0.15) is 6.10 Å². The number of ether oxygens (including phenoxy) is 1. The number of esters is 2. The summed E-state index contributed by atoms with van der Waals surface area (Å²) in [7, 11) is 0. The van der Waals surface area contributed by atoms with Gasteiger partial charge in [0.25, 0.3) is 0 Å². The molecule has 0 radical (unpaired) electrons. The van der Waals surface area contributed by atoms with E-state index in [2.05, 4.69) is 4.74 Å². The Balaban J connectivity index is 2.65. The first kappa shape index (κ1) is 10.4. The molecule has 4 heteroatoms. The van der Waals surface area contributed by atoms with Crippen molar-refractivity contribution < 1.29 is 19.4 Å². The van der Waals surface area contributed by atoms with E-state index in [-0.39, 0.29) is 5.56 Å². The fourth-order valence-electron chi connectivity index (χ4n) is 0.810. The smallest absolute Gasteiger partial charge is 0.345 e. The predicted octanol–water partition coefficient (Wildman–Crippen LogP) is 0.751. The van der Waals surface area contributed by atoms with Crippen LogP contribution in [0, 0.1) is 0 Å². The molecule has 0 amide bonds. The lowest BCUT2D eigenvalue weighted by molar-refractivity contribution is -0.146. The second-order valence-electron chi connectivity index (χ2n) is 2.75. The molecule has 74 valence electrons. The monoisotopic (exact) mass is 194 g/mol. The van der Waals surface area contributed by atoms with Gasteiger partial charge in [0.05, 0.1) is 5.56 Å². The zero-order valence-corrected chi connectivity index (χ0v) is 7.64. The van der Waals surface area contributed by atoms with Crippen LogP contribution in [-0.2, 0) is 9.53 Å². The highest BCUT2D eigenvalue weighted by Gasteiger charge is 2.16. The maximum absolute atomic E-state index is 11.2. The Morgan fingerprint density at radius 1 is 1.29 bits per heavy atom. The molecule has 0 aliphatic heterocycles. The predicted molar refractivity (Wildman–Crippen MR) is 48.5 cm³/mol. The summed E-state index contributed by atoms with van der Waals surface area (Å²) >= 11 is 0. The van der Waals surface area contributed by atoms with E-state index < -0.39 is 18.0 Å². The molecule has 4 nitrogen and oxygen atoms in total. The van der Waals surface area contributed by atoms with E-state index in [0.717, 1.165) is 0 Å². The fourth-order valence-corrected chi connectivity index (χ4v) is 0.810. The van der Waals surface area contributed by atoms with Crippen LogP contribution in [0.15, 0.2) is 30.3 Å². The molecule has 0 saturated carbocycles. The maximum Gasteiger partial charge on any atom is 0.345 e. The summed E-state index contributed by atoms with van der Waals surface area (Å²) in [6, 6.07) is 8.11. The molecular weight excluding hydrogens is 184 g/mol. The molecule has 0 aliphatic carbocycles. The largest absolute Gasteiger partial charge is 0.387 e. The third kappa shape index (κ3) is 2.67. The average molecular weight is 194 g/mol. The highest BCUT2D eigenvalue weighted by Crippen LogP contribution is 2.01. The zero-order valence-electron chi connectivity index (χ0n) is 7.64. The number of benzene rings is 1. The number of carbonyl (C=O) groups excluding carboxylic acids is 2. The van der Waals surface area contributed by atoms with Crippen molar-refractivity contribution in [3.05, 3.63) is 35.9 Å². The minimum atomic E-state index is -1.29. The summed E-state index contributed by atoms with van der Waals surface area (Å²) in [6.07, 6.45) is -1.29. The first-order valence-electron chi connectivity index (χ1n) is 4.10. The van der Waals surface area contributed by atoms with Crippen molar-refractivity contribution in [2.75, 3.05) is 0 Å². The minimum Gasteiger partial charge on any atom is -0.387 e. The van der Waals surface area contributed by atoms with Crippen LogP contribution in [0.5, 0.6) is 0 Å². The highest BCUT2D eigenvalue weighted by molar-refractivity contribution is 5.97. The minimum absolute atomic E-state index is 0.279. The summed E-state index contributed by atoms with van der Waals surface area (Å²) in [5.74, 6) is -1.70. The summed E-state index contributed by atoms with van der Waals surface area (Å²) in [5.41, 5.74) is 0.279. The maximum atomic E-state index is 11.2. The molecule has 0 aliphatic rings. The summed E-state index contributed by atoms with van der Waals surface area (Å²) < 4.78 is 4.37. The molecule has 1 aromatic rings. The lowest BCUT2D eigenvalue weighted by Gasteiger charge is -2.03. The lowest BCUT2D eigenvalue weighted by Crippen LogP contribution is -2.22. The van der Waals surface area contributed by atoms with Crippen molar-refractivity contribution in [3.63, 3.8) is 0 Å². The fraction of sp³-hybridized carbons (Fsp3) is 0.200. The Hall–Kier alpha value is -1.68. The zero-order chi connectivity index (χ0) is 10.6. The molecule has 14 heavy (non-hydrogen) atoms. The number of hydrogen-bond acceptors (Lipinski definition) is 4. The third-order valence-electron chi connectivity index (χ3n) is 1.54. The molecular formula is C10H10O4. The molecule has 0 unspecified atom stereocenters. The number of aliphatic hydroxyl groups is 1. The Morgan fingerprint density at radius 3 is 2.36 bits per heavy atom. The van der Waals surface area contributed by atoms with Gasteiger partial charge in [0.2, 0.25) is 0 Å². The van der Waals surface area contributed by atoms with Crippen LogP contribution >= 0.6 is 0 Å². The SMILES string of the molecule is C[C@@H](O)C(=O)OC(=O)c1ccccc1. The third-order valence-corrected chi connectivity index (χ3v) is 1.54. The summed E-state index contributed by atoms with van der Waals surface area (Å²) in [5, 5.41) is 8.79. The molecule has 0 aromatic heterocycles. The Bertz CT molecular complexity index is 329. The number of hydrogen-bond donors (Lipinski definition) is 1. The molecule has 0 fully saturated rings. The standard InChI is InChI=1S/C10H10O4/c1-7(11)9(12)14-10(13)8-5-3-2-4-6-8/h2-7,11H,1H3/t7-/m1/s1. The van der Waals surface area contributed by atoms with Crippen LogP contribution in [-0.4, -0.2) is 23.1 Å². The Morgan fingerprint density at radius 2 is 1.86 bits per heavy atom. The summed E-state index contributed by atoms with van der Waals surface area (Å²) in [4.78, 5) is 22.0. The average Bonchev–Trinajstić information content (AvgIpc) is 2.19. The van der Waals surface area contributed by atoms with Gasteiger partial charge in [-0.1, -0.05) is 18.2 Å². The van der Waals surface area contributed by atoms with Gasteiger partial charge in [0, 0.05) is 0 Å². The van der Waals surface area contributed by atoms with Crippen molar-refractivity contribution in [1.82, 2.24) is 0 Å². The van der Waals surface area contributed by atoms with E-state index in [4.69, 9.17) is 5.11 Å². The van der Waals surface area contributed by atoms with E-state index in [1.807, 2.05) is 0 Å². The van der Waals surface area contributed by atoms with Crippen molar-refractivity contribution in [2.45, 2.75) is 13.0 Å². The Kier molecular flexibility index (Phi) is 3.36. The quantitative estimate of drug-likeness (QED) is 0.557. The van der Waals surface area contributed by atoms with Crippen molar-refractivity contribution in [1.29, 1.82) is 0 Å². The van der Waals surface area contributed by atoms with E-state index in [1.54, 1.807) is 18.2 Å². The van der Waals surface area contributed by atoms with Gasteiger partial charge < -0.3 is 9.84 Å². The number of aliphatic hydroxyl groups excluding tert-OH is 1. The molecule has 1 N–H and O–H groups in total. The van der Waals surface area contributed by atoms with E-state index >= 15 is 0 Å². The molecule has 1 atom stereocenters. The molecule has 0 spiro atoms. The molecule has 0 saturated heterocycles. The van der Waals surface area contributed by atoms with Gasteiger partial charge >= 0.3 is 11.9 Å². The first-order chi connectivity index (χ1) is 6.61. The number of carbonyl (C=O) groups is 2. The van der Waals surface area contributed by atoms with Crippen molar-refractivity contribution >= 4 is 11.9 Å². The Labute approximate surface area is 81.1 Å². The van der Waals surface area contributed by atoms with Gasteiger partial charge in [-0.2, -0.15) is 0 Å². The van der Waals surface area contributed by atoms with Gasteiger partial charge in [-0.15, -0.1) is 0 Å².